The van der Waals surface area contributed by atoms with E-state index >= 15 is 0 Å². The summed E-state index contributed by atoms with van der Waals surface area (Å²) in [7, 11) is 3.53. The van der Waals surface area contributed by atoms with Crippen molar-refractivity contribution in [2.24, 2.45) is 0 Å². The molecule has 0 saturated heterocycles. The molecule has 1 aromatic heterocycles. The highest BCUT2D eigenvalue weighted by atomic mass is 79.9. The van der Waals surface area contributed by atoms with E-state index in [0.717, 1.165) is 21.6 Å². The standard InChI is InChI=1S/C11H13BrN4O/c1-13-6-9-7-14-15-16(9)8-3-4-10(12)11(5-8)17-2/h3-5,7,13H,6H2,1-2H3. The summed E-state index contributed by atoms with van der Waals surface area (Å²) < 4.78 is 7.96. The van der Waals surface area contributed by atoms with Crippen LogP contribution in [-0.4, -0.2) is 29.2 Å². The van der Waals surface area contributed by atoms with Gasteiger partial charge in [-0.2, -0.15) is 0 Å². The molecule has 17 heavy (non-hydrogen) atoms. The number of ether oxygens (including phenoxy) is 1. The van der Waals surface area contributed by atoms with E-state index < -0.39 is 0 Å². The van der Waals surface area contributed by atoms with Gasteiger partial charge in [-0.1, -0.05) is 5.21 Å². The van der Waals surface area contributed by atoms with Crippen molar-refractivity contribution in [2.45, 2.75) is 6.54 Å². The Morgan fingerprint density at radius 1 is 1.47 bits per heavy atom. The summed E-state index contributed by atoms with van der Waals surface area (Å²) in [6.45, 7) is 0.714. The average Bonchev–Trinajstić information content (AvgIpc) is 2.78. The van der Waals surface area contributed by atoms with Crippen LogP contribution < -0.4 is 10.1 Å². The third kappa shape index (κ3) is 2.48. The quantitative estimate of drug-likeness (QED) is 0.934. The lowest BCUT2D eigenvalue weighted by atomic mass is 10.3. The van der Waals surface area contributed by atoms with Gasteiger partial charge in [0.2, 0.25) is 0 Å². The number of benzene rings is 1. The van der Waals surface area contributed by atoms with Crippen LogP contribution in [0.15, 0.2) is 28.9 Å². The molecule has 2 rings (SSSR count). The van der Waals surface area contributed by atoms with Gasteiger partial charge in [-0.15, -0.1) is 5.10 Å². The second kappa shape index (κ2) is 5.29. The van der Waals surface area contributed by atoms with Crippen molar-refractivity contribution in [2.75, 3.05) is 14.2 Å². The Labute approximate surface area is 108 Å². The lowest BCUT2D eigenvalue weighted by molar-refractivity contribution is 0.411. The summed E-state index contributed by atoms with van der Waals surface area (Å²) in [4.78, 5) is 0. The zero-order chi connectivity index (χ0) is 12.3. The Bertz CT molecular complexity index is 512. The van der Waals surface area contributed by atoms with Gasteiger partial charge < -0.3 is 10.1 Å². The number of hydrogen-bond acceptors (Lipinski definition) is 4. The molecule has 0 unspecified atom stereocenters. The maximum atomic E-state index is 5.26. The van der Waals surface area contributed by atoms with E-state index in [-0.39, 0.29) is 0 Å². The second-order valence-electron chi connectivity index (χ2n) is 3.49. The number of methoxy groups -OCH3 is 1. The molecule has 2 aromatic rings. The van der Waals surface area contributed by atoms with Gasteiger partial charge in [0.05, 0.1) is 29.2 Å². The summed E-state index contributed by atoms with van der Waals surface area (Å²) in [6, 6.07) is 5.80. The Hall–Kier alpha value is -1.40. The van der Waals surface area contributed by atoms with E-state index in [9.17, 15) is 0 Å². The third-order valence-corrected chi connectivity index (χ3v) is 3.01. The van der Waals surface area contributed by atoms with E-state index in [4.69, 9.17) is 4.74 Å². The highest BCUT2D eigenvalue weighted by Crippen LogP contribution is 2.27. The second-order valence-corrected chi connectivity index (χ2v) is 4.34. The molecule has 0 fully saturated rings. The molecule has 0 spiro atoms. The summed E-state index contributed by atoms with van der Waals surface area (Å²) >= 11 is 3.42. The first-order chi connectivity index (χ1) is 8.26. The highest BCUT2D eigenvalue weighted by Gasteiger charge is 2.08. The lowest BCUT2D eigenvalue weighted by Gasteiger charge is -2.08. The van der Waals surface area contributed by atoms with Crippen molar-refractivity contribution in [1.82, 2.24) is 20.3 Å². The van der Waals surface area contributed by atoms with Crippen LogP contribution in [0, 0.1) is 0 Å². The largest absolute Gasteiger partial charge is 0.495 e. The van der Waals surface area contributed by atoms with Gasteiger partial charge in [-0.25, -0.2) is 4.68 Å². The topological polar surface area (TPSA) is 52.0 Å². The van der Waals surface area contributed by atoms with Crippen LogP contribution in [0.3, 0.4) is 0 Å². The lowest BCUT2D eigenvalue weighted by Crippen LogP contribution is -2.11. The molecule has 0 aliphatic heterocycles. The van der Waals surface area contributed by atoms with Crippen LogP contribution in [0.5, 0.6) is 5.75 Å². The molecule has 1 aromatic carbocycles. The minimum atomic E-state index is 0.714. The van der Waals surface area contributed by atoms with Crippen molar-refractivity contribution >= 4 is 15.9 Å². The van der Waals surface area contributed by atoms with Gasteiger partial charge in [0, 0.05) is 12.6 Å². The molecule has 0 radical (unpaired) electrons. The zero-order valence-corrected chi connectivity index (χ0v) is 11.2. The van der Waals surface area contributed by atoms with Crippen molar-refractivity contribution in [1.29, 1.82) is 0 Å². The third-order valence-electron chi connectivity index (χ3n) is 2.36. The monoisotopic (exact) mass is 296 g/mol. The molecule has 0 amide bonds. The predicted molar refractivity (Wildman–Crippen MR) is 68.4 cm³/mol. The molecular formula is C11H13BrN4O. The number of hydrogen-bond donors (Lipinski definition) is 1. The molecule has 0 saturated carbocycles. The number of halogens is 1. The summed E-state index contributed by atoms with van der Waals surface area (Å²) in [5.41, 5.74) is 1.92. The molecule has 0 aliphatic carbocycles. The summed E-state index contributed by atoms with van der Waals surface area (Å²) in [6.07, 6.45) is 1.74. The number of rotatable bonds is 4. The molecule has 5 nitrogen and oxygen atoms in total. The summed E-state index contributed by atoms with van der Waals surface area (Å²) in [5.74, 6) is 0.772. The van der Waals surface area contributed by atoms with Gasteiger partial charge in [0.1, 0.15) is 5.75 Å². The fraction of sp³-hybridized carbons (Fsp3) is 0.273. The molecule has 90 valence electrons. The van der Waals surface area contributed by atoms with Crippen LogP contribution in [0.1, 0.15) is 5.69 Å². The van der Waals surface area contributed by atoms with E-state index in [2.05, 4.69) is 31.6 Å². The minimum Gasteiger partial charge on any atom is -0.495 e. The smallest absolute Gasteiger partial charge is 0.135 e. The Kier molecular flexibility index (Phi) is 3.75. The molecule has 1 N–H and O–H groups in total. The van der Waals surface area contributed by atoms with Crippen LogP contribution in [0.25, 0.3) is 5.69 Å². The van der Waals surface area contributed by atoms with Crippen molar-refractivity contribution in [3.05, 3.63) is 34.6 Å². The fourth-order valence-corrected chi connectivity index (χ4v) is 1.96. The fourth-order valence-electron chi connectivity index (χ4n) is 1.56. The molecule has 0 bridgehead atoms. The van der Waals surface area contributed by atoms with Crippen LogP contribution in [-0.2, 0) is 6.54 Å². The Morgan fingerprint density at radius 3 is 3.00 bits per heavy atom. The van der Waals surface area contributed by atoms with Gasteiger partial charge >= 0.3 is 0 Å². The van der Waals surface area contributed by atoms with Gasteiger partial charge in [0.25, 0.3) is 0 Å². The normalized spacial score (nSPS) is 10.5. The first-order valence-corrected chi connectivity index (χ1v) is 5.93. The van der Waals surface area contributed by atoms with E-state index in [1.54, 1.807) is 18.0 Å². The van der Waals surface area contributed by atoms with E-state index in [0.29, 0.717) is 6.54 Å². The first-order valence-electron chi connectivity index (χ1n) is 5.14. The van der Waals surface area contributed by atoms with Gasteiger partial charge in [0.15, 0.2) is 0 Å². The van der Waals surface area contributed by atoms with E-state index in [1.807, 2.05) is 25.2 Å². The van der Waals surface area contributed by atoms with Crippen LogP contribution >= 0.6 is 15.9 Å². The molecule has 1 heterocycles. The SMILES string of the molecule is CNCc1cnnn1-c1ccc(Br)c(OC)c1. The molecule has 0 aliphatic rings. The highest BCUT2D eigenvalue weighted by molar-refractivity contribution is 9.10. The van der Waals surface area contributed by atoms with Crippen LogP contribution in [0.2, 0.25) is 0 Å². The zero-order valence-electron chi connectivity index (χ0n) is 9.64. The number of nitrogens with zero attached hydrogens (tertiary/aromatic N) is 3. The first kappa shape index (κ1) is 12.1. The van der Waals surface area contributed by atoms with Gasteiger partial charge in [-0.3, -0.25) is 0 Å². The molecule has 0 atom stereocenters. The maximum absolute atomic E-state index is 5.26. The van der Waals surface area contributed by atoms with Crippen LogP contribution in [0.4, 0.5) is 0 Å². The number of aromatic nitrogens is 3. The maximum Gasteiger partial charge on any atom is 0.135 e. The average molecular weight is 297 g/mol. The van der Waals surface area contributed by atoms with Crippen molar-refractivity contribution in [3.63, 3.8) is 0 Å². The van der Waals surface area contributed by atoms with Gasteiger partial charge in [-0.05, 0) is 35.1 Å². The minimum absolute atomic E-state index is 0.714. The Morgan fingerprint density at radius 2 is 2.29 bits per heavy atom. The summed E-state index contributed by atoms with van der Waals surface area (Å²) in [5, 5.41) is 11.1. The van der Waals surface area contributed by atoms with Crippen molar-refractivity contribution < 1.29 is 4.74 Å². The van der Waals surface area contributed by atoms with Crippen molar-refractivity contribution in [3.8, 4) is 11.4 Å². The predicted octanol–water partition coefficient (Wildman–Crippen LogP) is 1.76. The number of nitrogens with one attached hydrogen (secondary N) is 1. The Balaban J connectivity index is 2.42. The molecule has 6 heteroatoms. The molecular weight excluding hydrogens is 284 g/mol. The van der Waals surface area contributed by atoms with E-state index in [1.165, 1.54) is 0 Å².